The van der Waals surface area contributed by atoms with E-state index in [1.54, 1.807) is 0 Å². The molecule has 4 heterocycles. The number of benzene rings is 5. The molecule has 2 saturated heterocycles. The highest BCUT2D eigenvalue weighted by atomic mass is 15.1. The largest absolute Gasteiger partial charge is 0.371 e. The second-order valence-corrected chi connectivity index (χ2v) is 20.8. The third-order valence-corrected chi connectivity index (χ3v) is 14.7. The van der Waals surface area contributed by atoms with Crippen LogP contribution in [0.25, 0.3) is 22.9 Å². The van der Waals surface area contributed by atoms with Crippen molar-refractivity contribution in [2.45, 2.75) is 91.9 Å². The lowest BCUT2D eigenvalue weighted by Gasteiger charge is -2.36. The smallest absolute Gasteiger partial charge is 0.210 e. The zero-order chi connectivity index (χ0) is 43.2. The van der Waals surface area contributed by atoms with E-state index in [0.717, 1.165) is 75.8 Å². The van der Waals surface area contributed by atoms with Crippen LogP contribution in [0.5, 0.6) is 0 Å². The van der Waals surface area contributed by atoms with Gasteiger partial charge in [0.2, 0.25) is 11.4 Å². The van der Waals surface area contributed by atoms with Gasteiger partial charge in [-0.1, -0.05) is 94.4 Å². The number of fused-ring (bicyclic) bond motifs is 4. The summed E-state index contributed by atoms with van der Waals surface area (Å²) in [7, 11) is 0. The third-order valence-electron chi connectivity index (χ3n) is 14.7. The molecule has 62 heavy (non-hydrogen) atoms. The third kappa shape index (κ3) is 8.23. The topological polar surface area (TPSA) is 12.5 Å². The standard InChI is InChI=1S/C58H70N4/c1-41-35-42(2)38-59(37-41)48-26-19-45(20-27-48)23-31-54-57(5,6)51-17-11-12-18-52(51)61(54)33-13-14-34-62-53-30-25-47-15-9-10-16-50(47)56(53)58(7,8)55(62)32-24-46-21-28-49(29-22-46)60-39-43(3)36-44(4)40-60/h9-12,15-32,41-44H,13-14,33-40H2,1-8H3/q+2. The molecule has 0 spiro atoms. The molecule has 2 fully saturated rings. The molecule has 4 aliphatic heterocycles. The lowest BCUT2D eigenvalue weighted by Crippen LogP contribution is -2.38. The van der Waals surface area contributed by atoms with Crippen LogP contribution in [0.4, 0.5) is 22.7 Å². The number of hydrogen-bond donors (Lipinski definition) is 0. The number of para-hydroxylation sites is 1. The fraction of sp³-hybridized carbons (Fsp3) is 0.414. The van der Waals surface area contributed by atoms with Crippen LogP contribution in [-0.4, -0.2) is 59.8 Å². The van der Waals surface area contributed by atoms with E-state index in [1.165, 1.54) is 80.0 Å². The highest BCUT2D eigenvalue weighted by molar-refractivity contribution is 6.09. The Bertz CT molecular complexity index is 2530. The first-order valence-electron chi connectivity index (χ1n) is 23.8. The van der Waals surface area contributed by atoms with Crippen molar-refractivity contribution < 1.29 is 9.15 Å². The average Bonchev–Trinajstić information content (AvgIpc) is 3.61. The predicted octanol–water partition coefficient (Wildman–Crippen LogP) is 13.5. The second-order valence-electron chi connectivity index (χ2n) is 20.8. The van der Waals surface area contributed by atoms with Crippen LogP contribution in [0.3, 0.4) is 0 Å². The van der Waals surface area contributed by atoms with Crippen molar-refractivity contribution in [2.75, 3.05) is 49.1 Å². The monoisotopic (exact) mass is 823 g/mol. The van der Waals surface area contributed by atoms with Crippen LogP contribution in [0, 0.1) is 23.7 Å². The van der Waals surface area contributed by atoms with E-state index >= 15 is 0 Å². The van der Waals surface area contributed by atoms with Crippen LogP contribution in [0.1, 0.15) is 103 Å². The summed E-state index contributed by atoms with van der Waals surface area (Å²) >= 11 is 0. The number of nitrogens with zero attached hydrogens (tertiary/aromatic N) is 4. The predicted molar refractivity (Wildman–Crippen MR) is 267 cm³/mol. The van der Waals surface area contributed by atoms with Crippen molar-refractivity contribution in [1.29, 1.82) is 0 Å². The van der Waals surface area contributed by atoms with Crippen molar-refractivity contribution in [3.63, 3.8) is 0 Å². The first kappa shape index (κ1) is 42.1. The van der Waals surface area contributed by atoms with Crippen molar-refractivity contribution in [2.24, 2.45) is 23.7 Å². The molecule has 0 radical (unpaired) electrons. The minimum absolute atomic E-state index is 0.0827. The molecule has 4 unspecified atom stereocenters. The molecule has 4 aliphatic rings. The van der Waals surface area contributed by atoms with Gasteiger partial charge < -0.3 is 9.80 Å². The van der Waals surface area contributed by atoms with Gasteiger partial charge in [-0.05, 0) is 129 Å². The Morgan fingerprint density at radius 1 is 0.500 bits per heavy atom. The van der Waals surface area contributed by atoms with Gasteiger partial charge in [-0.3, -0.25) is 0 Å². The van der Waals surface area contributed by atoms with E-state index in [1.807, 2.05) is 0 Å². The molecule has 0 bridgehead atoms. The summed E-state index contributed by atoms with van der Waals surface area (Å²) < 4.78 is 5.26. The van der Waals surface area contributed by atoms with Gasteiger partial charge in [0.1, 0.15) is 13.1 Å². The van der Waals surface area contributed by atoms with Gasteiger partial charge in [0.25, 0.3) is 0 Å². The van der Waals surface area contributed by atoms with Crippen molar-refractivity contribution in [1.82, 2.24) is 0 Å². The number of hydrogen-bond acceptors (Lipinski definition) is 2. The zero-order valence-electron chi connectivity index (χ0n) is 38.9. The normalized spacial score (nSPS) is 23.3. The van der Waals surface area contributed by atoms with Crippen LogP contribution >= 0.6 is 0 Å². The maximum absolute atomic E-state index is 2.64. The van der Waals surface area contributed by atoms with Crippen LogP contribution in [-0.2, 0) is 10.8 Å². The highest BCUT2D eigenvalue weighted by Gasteiger charge is 2.46. The maximum Gasteiger partial charge on any atom is 0.210 e. The van der Waals surface area contributed by atoms with Gasteiger partial charge in [0.05, 0.1) is 10.8 Å². The summed E-state index contributed by atoms with van der Waals surface area (Å²) in [6.07, 6.45) is 14.4. The molecule has 0 aromatic heterocycles. The van der Waals surface area contributed by atoms with E-state index in [9.17, 15) is 0 Å². The molecule has 0 amide bonds. The van der Waals surface area contributed by atoms with Crippen molar-refractivity contribution in [3.8, 4) is 0 Å². The molecule has 9 rings (SSSR count). The molecule has 0 N–H and O–H groups in total. The summed E-state index contributed by atoms with van der Waals surface area (Å²) in [5.41, 5.74) is 13.3. The van der Waals surface area contributed by atoms with E-state index in [-0.39, 0.29) is 10.8 Å². The first-order chi connectivity index (χ1) is 29.9. The van der Waals surface area contributed by atoms with E-state index in [0.29, 0.717) is 0 Å². The summed E-state index contributed by atoms with van der Waals surface area (Å²) in [5, 5.41) is 2.68. The Balaban J connectivity index is 0.969. The van der Waals surface area contributed by atoms with E-state index in [4.69, 9.17) is 0 Å². The Morgan fingerprint density at radius 3 is 1.52 bits per heavy atom. The minimum atomic E-state index is -0.140. The van der Waals surface area contributed by atoms with Crippen LogP contribution in [0.15, 0.2) is 121 Å². The number of anilines is 2. The molecule has 5 aromatic rings. The molecule has 0 aliphatic carbocycles. The lowest BCUT2D eigenvalue weighted by atomic mass is 9.79. The SMILES string of the molecule is CC1CC(C)CN(c2ccc(/C=C/C3=[N+](CCCC[N+]4=C(/C=C/c5ccc(N6CC(C)CC(C)C6)cc5)C(C)(C)c5c4ccc4ccccc54)c4ccccc4C3(C)C)cc2)C1. The fourth-order valence-electron chi connectivity index (χ4n) is 11.9. The lowest BCUT2D eigenvalue weighted by molar-refractivity contribution is -0.451. The van der Waals surface area contributed by atoms with Gasteiger partial charge in [0, 0.05) is 85.8 Å². The van der Waals surface area contributed by atoms with Gasteiger partial charge in [-0.25, -0.2) is 0 Å². The molecule has 5 aromatic carbocycles. The van der Waals surface area contributed by atoms with Crippen LogP contribution in [0.2, 0.25) is 0 Å². The maximum atomic E-state index is 2.64. The number of rotatable bonds is 11. The van der Waals surface area contributed by atoms with Gasteiger partial charge in [-0.15, -0.1) is 0 Å². The Morgan fingerprint density at radius 2 is 0.968 bits per heavy atom. The first-order valence-corrected chi connectivity index (χ1v) is 23.8. The summed E-state index contributed by atoms with van der Waals surface area (Å²) in [4.78, 5) is 5.16. The van der Waals surface area contributed by atoms with Gasteiger partial charge >= 0.3 is 0 Å². The number of piperidine rings is 2. The van der Waals surface area contributed by atoms with E-state index in [2.05, 4.69) is 208 Å². The van der Waals surface area contributed by atoms with Crippen molar-refractivity contribution in [3.05, 3.63) is 144 Å². The molecule has 4 heteroatoms. The molecular weight excluding hydrogens is 753 g/mol. The average molecular weight is 823 g/mol. The number of unbranched alkanes of at least 4 members (excludes halogenated alkanes) is 1. The molecule has 0 saturated carbocycles. The zero-order valence-corrected chi connectivity index (χ0v) is 38.9. The summed E-state index contributed by atoms with van der Waals surface area (Å²) in [5.74, 6) is 2.97. The second kappa shape index (κ2) is 17.2. The Kier molecular flexibility index (Phi) is 11.6. The molecule has 4 nitrogen and oxygen atoms in total. The molecular formula is C58H70N4+2. The van der Waals surface area contributed by atoms with E-state index < -0.39 is 0 Å². The summed E-state index contributed by atoms with van der Waals surface area (Å²) in [6, 6.07) is 41.3. The molecule has 4 atom stereocenters. The quantitative estimate of drug-likeness (QED) is 0.0972. The highest BCUT2D eigenvalue weighted by Crippen LogP contribution is 2.45. The molecule has 320 valence electrons. The Hall–Kier alpha value is -5.22. The minimum Gasteiger partial charge on any atom is -0.371 e. The number of allylic oxidation sites excluding steroid dienone is 2. The van der Waals surface area contributed by atoms with Crippen molar-refractivity contribution >= 4 is 57.1 Å². The fourth-order valence-corrected chi connectivity index (χ4v) is 11.9. The van der Waals surface area contributed by atoms with Gasteiger partial charge in [-0.2, -0.15) is 9.15 Å². The van der Waals surface area contributed by atoms with Gasteiger partial charge in [0.15, 0.2) is 11.4 Å². The Labute approximate surface area is 373 Å². The summed E-state index contributed by atoms with van der Waals surface area (Å²) in [6.45, 7) is 25.8. The van der Waals surface area contributed by atoms with Crippen LogP contribution < -0.4 is 9.80 Å².